The molecule has 31 heavy (non-hydrogen) atoms. The van der Waals surface area contributed by atoms with E-state index in [1.807, 2.05) is 0 Å². The first-order valence-electron chi connectivity index (χ1n) is 11.1. The van der Waals surface area contributed by atoms with Crippen LogP contribution in [0.4, 0.5) is 0 Å². The lowest BCUT2D eigenvalue weighted by Crippen LogP contribution is -2.25. The molecule has 0 aromatic heterocycles. The summed E-state index contributed by atoms with van der Waals surface area (Å²) in [5.41, 5.74) is 0. The first kappa shape index (κ1) is 30.5. The number of amides is 1. The average Bonchev–Trinajstić information content (AvgIpc) is 2.75. The number of rotatable bonds is 25. The van der Waals surface area contributed by atoms with E-state index in [1.165, 1.54) is 23.7 Å². The van der Waals surface area contributed by atoms with Crippen molar-refractivity contribution in [1.82, 2.24) is 5.32 Å². The van der Waals surface area contributed by atoms with Crippen molar-refractivity contribution in [3.8, 4) is 0 Å². The van der Waals surface area contributed by atoms with Crippen molar-refractivity contribution in [3.05, 3.63) is 0 Å². The Kier molecular flexibility index (Phi) is 25.3. The third-order valence-electron chi connectivity index (χ3n) is 4.01. The first-order chi connectivity index (χ1) is 15.2. The van der Waals surface area contributed by atoms with Gasteiger partial charge in [0.05, 0.1) is 59.3 Å². The van der Waals surface area contributed by atoms with E-state index in [0.29, 0.717) is 72.4 Å². The molecule has 0 spiro atoms. The van der Waals surface area contributed by atoms with Gasteiger partial charge >= 0.3 is 5.97 Å². The summed E-state index contributed by atoms with van der Waals surface area (Å²) in [5.74, 6) is -1.22. The van der Waals surface area contributed by atoms with Crippen LogP contribution >= 0.6 is 22.6 Å². The number of ether oxygens (including phenoxy) is 5. The molecule has 0 saturated carbocycles. The number of halogens is 1. The highest BCUT2D eigenvalue weighted by molar-refractivity contribution is 14.1. The minimum absolute atomic E-state index is 0.00567. The van der Waals surface area contributed by atoms with Crippen LogP contribution in [0.25, 0.3) is 0 Å². The second-order valence-electron chi connectivity index (χ2n) is 6.76. The van der Waals surface area contributed by atoms with Crippen molar-refractivity contribution in [2.24, 2.45) is 0 Å². The molecule has 0 aliphatic heterocycles. The highest BCUT2D eigenvalue weighted by atomic mass is 127. The lowest BCUT2D eigenvalue weighted by molar-refractivity contribution is -0.138. The van der Waals surface area contributed by atoms with Crippen LogP contribution in [0.15, 0.2) is 0 Å². The zero-order valence-corrected chi connectivity index (χ0v) is 20.8. The van der Waals surface area contributed by atoms with Crippen LogP contribution in [0, 0.1) is 0 Å². The summed E-state index contributed by atoms with van der Waals surface area (Å²) in [6.45, 7) is 6.09. The second-order valence-corrected chi connectivity index (χ2v) is 7.84. The molecule has 0 heterocycles. The smallest absolute Gasteiger partial charge is 0.303 e. The SMILES string of the molecule is O=C(O)CCC(=O)NCCCOCCOCCOCCOCCOCCCCCCI. The summed E-state index contributed by atoms with van der Waals surface area (Å²) in [5, 5.41) is 11.1. The van der Waals surface area contributed by atoms with Gasteiger partial charge in [0.15, 0.2) is 0 Å². The molecular formula is C21H40INO8. The Morgan fingerprint density at radius 2 is 1.06 bits per heavy atom. The quantitative estimate of drug-likeness (QED) is 0.0994. The molecule has 10 heteroatoms. The number of hydrogen-bond acceptors (Lipinski definition) is 7. The number of carbonyl (C=O) groups excluding carboxylic acids is 1. The van der Waals surface area contributed by atoms with Crippen LogP contribution in [-0.4, -0.2) is 94.0 Å². The molecule has 0 atom stereocenters. The molecule has 2 N–H and O–H groups in total. The summed E-state index contributed by atoms with van der Waals surface area (Å²) in [4.78, 5) is 21.6. The summed E-state index contributed by atoms with van der Waals surface area (Å²) in [6.07, 6.45) is 5.48. The zero-order chi connectivity index (χ0) is 22.8. The van der Waals surface area contributed by atoms with Crippen molar-refractivity contribution in [1.29, 1.82) is 0 Å². The predicted octanol–water partition coefficient (Wildman–Crippen LogP) is 2.44. The molecule has 0 fully saturated rings. The fraction of sp³-hybridized carbons (Fsp3) is 0.905. The van der Waals surface area contributed by atoms with Crippen molar-refractivity contribution in [2.45, 2.75) is 44.9 Å². The number of nitrogens with one attached hydrogen (secondary N) is 1. The molecule has 0 radical (unpaired) electrons. The predicted molar refractivity (Wildman–Crippen MR) is 126 cm³/mol. The van der Waals surface area contributed by atoms with Crippen LogP contribution in [0.5, 0.6) is 0 Å². The Morgan fingerprint density at radius 3 is 1.55 bits per heavy atom. The van der Waals surface area contributed by atoms with Crippen LogP contribution in [-0.2, 0) is 33.3 Å². The largest absolute Gasteiger partial charge is 0.481 e. The maximum Gasteiger partial charge on any atom is 0.303 e. The van der Waals surface area contributed by atoms with Gasteiger partial charge in [-0.2, -0.15) is 0 Å². The highest BCUT2D eigenvalue weighted by Crippen LogP contribution is 2.02. The molecule has 0 aliphatic carbocycles. The van der Waals surface area contributed by atoms with E-state index in [0.717, 1.165) is 13.0 Å². The summed E-state index contributed by atoms with van der Waals surface area (Å²) < 4.78 is 28.4. The van der Waals surface area contributed by atoms with E-state index >= 15 is 0 Å². The molecule has 0 rings (SSSR count). The molecule has 1 amide bonds. The maximum absolute atomic E-state index is 11.3. The normalized spacial score (nSPS) is 11.0. The van der Waals surface area contributed by atoms with Gasteiger partial charge in [-0.3, -0.25) is 9.59 Å². The minimum Gasteiger partial charge on any atom is -0.481 e. The Bertz CT molecular complexity index is 415. The summed E-state index contributed by atoms with van der Waals surface area (Å²) >= 11 is 2.41. The number of aliphatic carboxylic acids is 1. The van der Waals surface area contributed by atoms with E-state index in [2.05, 4.69) is 27.9 Å². The number of carbonyl (C=O) groups is 2. The Balaban J connectivity index is 3.08. The van der Waals surface area contributed by atoms with Crippen molar-refractivity contribution < 1.29 is 38.4 Å². The minimum atomic E-state index is -0.971. The Labute approximate surface area is 200 Å². The van der Waals surface area contributed by atoms with Gasteiger partial charge in [-0.05, 0) is 23.7 Å². The second kappa shape index (κ2) is 25.7. The third-order valence-corrected chi connectivity index (χ3v) is 4.78. The molecule has 0 aromatic rings. The van der Waals surface area contributed by atoms with Crippen LogP contribution < -0.4 is 5.32 Å². The number of carboxylic acid groups (broad SMARTS) is 1. The molecule has 0 unspecified atom stereocenters. The molecular weight excluding hydrogens is 521 g/mol. The van der Waals surface area contributed by atoms with Crippen LogP contribution in [0.2, 0.25) is 0 Å². The van der Waals surface area contributed by atoms with Crippen molar-refractivity contribution in [2.75, 3.05) is 77.0 Å². The molecule has 0 saturated heterocycles. The topological polar surface area (TPSA) is 113 Å². The molecule has 0 aromatic carbocycles. The number of carboxylic acids is 1. The number of alkyl halides is 1. The fourth-order valence-corrected chi connectivity index (χ4v) is 2.88. The third kappa shape index (κ3) is 27.4. The van der Waals surface area contributed by atoms with Gasteiger partial charge < -0.3 is 34.1 Å². The van der Waals surface area contributed by atoms with Gasteiger partial charge in [-0.1, -0.05) is 35.4 Å². The Morgan fingerprint density at radius 1 is 0.613 bits per heavy atom. The molecule has 9 nitrogen and oxygen atoms in total. The summed E-state index contributed by atoms with van der Waals surface area (Å²) in [7, 11) is 0. The van der Waals surface area contributed by atoms with E-state index in [1.54, 1.807) is 0 Å². The van der Waals surface area contributed by atoms with E-state index in [9.17, 15) is 9.59 Å². The van der Waals surface area contributed by atoms with Gasteiger partial charge in [0.2, 0.25) is 5.91 Å². The van der Waals surface area contributed by atoms with Gasteiger partial charge in [0.1, 0.15) is 0 Å². The molecule has 0 bridgehead atoms. The average molecular weight is 561 g/mol. The molecule has 0 aliphatic rings. The molecule has 184 valence electrons. The summed E-state index contributed by atoms with van der Waals surface area (Å²) in [6, 6.07) is 0. The maximum atomic E-state index is 11.3. The fourth-order valence-electron chi connectivity index (χ4n) is 2.34. The van der Waals surface area contributed by atoms with Crippen LogP contribution in [0.3, 0.4) is 0 Å². The van der Waals surface area contributed by atoms with Gasteiger partial charge in [0.25, 0.3) is 0 Å². The highest BCUT2D eigenvalue weighted by Gasteiger charge is 2.04. The number of unbranched alkanes of at least 4 members (excludes halogenated alkanes) is 3. The first-order valence-corrected chi connectivity index (χ1v) is 12.6. The van der Waals surface area contributed by atoms with Crippen molar-refractivity contribution in [3.63, 3.8) is 0 Å². The Hall–Kier alpha value is -0.530. The van der Waals surface area contributed by atoms with E-state index in [-0.39, 0.29) is 18.7 Å². The lowest BCUT2D eigenvalue weighted by atomic mass is 10.2. The van der Waals surface area contributed by atoms with E-state index in [4.69, 9.17) is 28.8 Å². The number of hydrogen-bond donors (Lipinski definition) is 2. The van der Waals surface area contributed by atoms with Gasteiger partial charge in [0, 0.05) is 26.2 Å². The van der Waals surface area contributed by atoms with E-state index < -0.39 is 5.97 Å². The van der Waals surface area contributed by atoms with Gasteiger partial charge in [-0.15, -0.1) is 0 Å². The standard InChI is InChI=1S/C21H40INO8/c22-8-3-1-2-4-10-27-12-14-29-16-18-31-19-17-30-15-13-28-11-5-9-23-20(24)6-7-21(25)26/h1-19H2,(H,23,24)(H,25,26). The van der Waals surface area contributed by atoms with Crippen molar-refractivity contribution >= 4 is 34.5 Å². The monoisotopic (exact) mass is 561 g/mol. The zero-order valence-electron chi connectivity index (χ0n) is 18.6. The van der Waals surface area contributed by atoms with Gasteiger partial charge in [-0.25, -0.2) is 0 Å². The van der Waals surface area contributed by atoms with Crippen LogP contribution in [0.1, 0.15) is 44.9 Å². The lowest BCUT2D eigenvalue weighted by Gasteiger charge is -2.08.